The van der Waals surface area contributed by atoms with Gasteiger partial charge in [0.25, 0.3) is 0 Å². The fraction of sp³-hybridized carbons (Fsp3) is 0.250. The molecule has 0 radical (unpaired) electrons. The van der Waals surface area contributed by atoms with E-state index in [1.807, 2.05) is 0 Å². The Balaban J connectivity index is 1.93. The van der Waals surface area contributed by atoms with Crippen molar-refractivity contribution in [2.45, 2.75) is 30.7 Å². The molecule has 1 amide bonds. The lowest BCUT2D eigenvalue weighted by atomic mass is 9.90. The highest BCUT2D eigenvalue weighted by molar-refractivity contribution is 7.89. The van der Waals surface area contributed by atoms with Gasteiger partial charge >= 0.3 is 0 Å². The van der Waals surface area contributed by atoms with Crippen LogP contribution in [0.25, 0.3) is 11.1 Å². The Morgan fingerprint density at radius 1 is 1.21 bits per heavy atom. The maximum absolute atomic E-state index is 13.4. The number of hydrogen-bond donors (Lipinski definition) is 4. The molecule has 2 aromatic rings. The molecular weight excluding hydrogens is 554 g/mol. The largest absolute Gasteiger partial charge is 0.411 e. The Morgan fingerprint density at radius 3 is 2.45 bits per heavy atom. The molecule has 0 saturated carbocycles. The number of nitrogens with two attached hydrogens (primary N) is 2. The Bertz CT molecular complexity index is 1580. The molecule has 1 aliphatic rings. The number of benzene rings is 2. The number of halogens is 1. The van der Waals surface area contributed by atoms with Crippen LogP contribution in [0.1, 0.15) is 19.8 Å². The number of nitrogens with one attached hydrogen (secondary N) is 1. The van der Waals surface area contributed by atoms with Crippen molar-refractivity contribution in [3.63, 3.8) is 0 Å². The molecule has 1 atom stereocenters. The predicted molar refractivity (Wildman–Crippen MR) is 147 cm³/mol. The number of amides is 1. The van der Waals surface area contributed by atoms with Gasteiger partial charge in [0.2, 0.25) is 26.0 Å². The second-order valence-electron chi connectivity index (χ2n) is 8.74. The molecule has 11 nitrogen and oxygen atoms in total. The molecule has 0 aromatic heterocycles. The number of hydrogen-bond acceptors (Lipinski definition) is 8. The average molecular weight is 582 g/mol. The highest BCUT2D eigenvalue weighted by Crippen LogP contribution is 2.33. The van der Waals surface area contributed by atoms with E-state index < -0.39 is 32.0 Å². The van der Waals surface area contributed by atoms with Gasteiger partial charge in [-0.2, -0.15) is 4.31 Å². The van der Waals surface area contributed by atoms with Crippen LogP contribution in [-0.2, 0) is 24.8 Å². The number of anilines is 1. The van der Waals surface area contributed by atoms with Gasteiger partial charge in [0.05, 0.1) is 27.6 Å². The predicted octanol–water partition coefficient (Wildman–Crippen LogP) is 2.64. The highest BCUT2D eigenvalue weighted by Gasteiger charge is 2.32. The molecule has 3 rings (SSSR count). The fourth-order valence-electron chi connectivity index (χ4n) is 3.98. The summed E-state index contributed by atoms with van der Waals surface area (Å²) in [7, 11) is -6.48. The first kappa shape index (κ1) is 29.3. The quantitative estimate of drug-likeness (QED) is 0.272. The summed E-state index contributed by atoms with van der Waals surface area (Å²) in [6.07, 6.45) is 2.93. The van der Waals surface area contributed by atoms with Crippen LogP contribution in [0.3, 0.4) is 0 Å². The number of carbonyl (C=O) groups excluding carboxylic acids is 1. The van der Waals surface area contributed by atoms with Crippen LogP contribution in [0.5, 0.6) is 0 Å². The molecule has 204 valence electrons. The first-order valence-corrected chi connectivity index (χ1v) is 14.9. The molecule has 0 spiro atoms. The Kier molecular flexibility index (Phi) is 8.68. The summed E-state index contributed by atoms with van der Waals surface area (Å²) in [5.74, 6) is -0.647. The minimum atomic E-state index is -4.00. The van der Waals surface area contributed by atoms with Crippen molar-refractivity contribution in [2.24, 2.45) is 16.0 Å². The second-order valence-corrected chi connectivity index (χ2v) is 12.7. The molecule has 6 N–H and O–H groups in total. The molecule has 0 bridgehead atoms. The summed E-state index contributed by atoms with van der Waals surface area (Å²) in [4.78, 5) is 13.3. The van der Waals surface area contributed by atoms with E-state index in [0.717, 1.165) is 10.6 Å². The van der Waals surface area contributed by atoms with E-state index in [1.54, 1.807) is 37.3 Å². The summed E-state index contributed by atoms with van der Waals surface area (Å²) >= 11 is 6.43. The second kappa shape index (κ2) is 11.3. The zero-order chi connectivity index (χ0) is 28.4. The molecule has 0 aliphatic heterocycles. The van der Waals surface area contributed by atoms with Crippen LogP contribution >= 0.6 is 11.6 Å². The number of allylic oxidation sites excluding steroid dienone is 3. The van der Waals surface area contributed by atoms with Crippen molar-refractivity contribution in [3.8, 4) is 11.1 Å². The molecule has 0 fully saturated rings. The lowest BCUT2D eigenvalue weighted by Crippen LogP contribution is -2.45. The minimum Gasteiger partial charge on any atom is -0.411 e. The average Bonchev–Trinajstić information content (AvgIpc) is 2.84. The van der Waals surface area contributed by atoms with Gasteiger partial charge in [0, 0.05) is 19.0 Å². The molecule has 0 unspecified atom stereocenters. The lowest BCUT2D eigenvalue weighted by molar-refractivity contribution is -0.119. The Labute approximate surface area is 226 Å². The first-order chi connectivity index (χ1) is 17.6. The molecule has 1 aliphatic carbocycles. The van der Waals surface area contributed by atoms with Gasteiger partial charge < -0.3 is 16.3 Å². The van der Waals surface area contributed by atoms with E-state index in [9.17, 15) is 21.6 Å². The van der Waals surface area contributed by atoms with E-state index in [2.05, 4.69) is 10.5 Å². The normalized spacial score (nSPS) is 16.5. The summed E-state index contributed by atoms with van der Waals surface area (Å²) in [6.45, 7) is 1.69. The highest BCUT2D eigenvalue weighted by atomic mass is 35.5. The van der Waals surface area contributed by atoms with Crippen LogP contribution in [-0.4, -0.2) is 57.3 Å². The van der Waals surface area contributed by atoms with E-state index >= 15 is 0 Å². The maximum Gasteiger partial charge on any atom is 0.243 e. The van der Waals surface area contributed by atoms with Gasteiger partial charge in [-0.05, 0) is 48.3 Å². The monoisotopic (exact) mass is 581 g/mol. The van der Waals surface area contributed by atoms with Gasteiger partial charge in [-0.1, -0.05) is 47.1 Å². The third-order valence-electron chi connectivity index (χ3n) is 6.27. The number of carbonyl (C=O) groups is 1. The SMILES string of the molecule is CC1=C(N)C(=NO)CC=C1C[C@@H](C(=O)Nc1ccc(-c2ccccc2S(N)(=O)=O)cc1Cl)N(C)S(C)(=O)=O. The van der Waals surface area contributed by atoms with E-state index in [4.69, 9.17) is 27.7 Å². The van der Waals surface area contributed by atoms with Crippen molar-refractivity contribution in [2.75, 3.05) is 18.6 Å². The third kappa shape index (κ3) is 6.42. The minimum absolute atomic E-state index is 0.00190. The number of likely N-dealkylation sites (N-methyl/N-ethyl adjacent to an activating group) is 1. The number of nitrogens with zero attached hydrogens (tertiary/aromatic N) is 2. The summed E-state index contributed by atoms with van der Waals surface area (Å²) in [5, 5.41) is 20.4. The Hall–Kier alpha value is -3.23. The van der Waals surface area contributed by atoms with E-state index in [0.29, 0.717) is 22.3 Å². The summed E-state index contributed by atoms with van der Waals surface area (Å²) in [5.41, 5.74) is 8.74. The molecule has 14 heteroatoms. The standard InChI is InChI=1S/C24H28ClN5O6S2/c1-14-15(8-11-20(29-32)23(14)26)13-21(30(2)37(3,33)34)24(31)28-19-10-9-16(12-18(19)25)17-6-4-5-7-22(17)38(27,35)36/h4-10,12,21,32H,11,13,26H2,1-3H3,(H,28,31)(H2,27,35,36)/t21-/m0/s1. The number of primary sulfonamides is 1. The van der Waals surface area contributed by atoms with Crippen molar-refractivity contribution in [3.05, 3.63) is 70.4 Å². The van der Waals surface area contributed by atoms with Crippen molar-refractivity contribution in [1.82, 2.24) is 4.31 Å². The van der Waals surface area contributed by atoms with E-state index in [1.165, 1.54) is 25.2 Å². The van der Waals surface area contributed by atoms with E-state index in [-0.39, 0.29) is 39.9 Å². The molecule has 0 heterocycles. The van der Waals surface area contributed by atoms with Crippen LogP contribution < -0.4 is 16.2 Å². The smallest absolute Gasteiger partial charge is 0.243 e. The topological polar surface area (TPSA) is 185 Å². The van der Waals surface area contributed by atoms with Gasteiger partial charge in [0.1, 0.15) is 11.8 Å². The molecule has 38 heavy (non-hydrogen) atoms. The molecule has 0 saturated heterocycles. The van der Waals surface area contributed by atoms with Crippen LogP contribution in [0.2, 0.25) is 5.02 Å². The van der Waals surface area contributed by atoms with Gasteiger partial charge in [-0.15, -0.1) is 0 Å². The summed E-state index contributed by atoms with van der Waals surface area (Å²) in [6, 6.07) is 9.51. The van der Waals surface area contributed by atoms with Crippen molar-refractivity contribution >= 4 is 49.0 Å². The molecular formula is C24H28ClN5O6S2. The van der Waals surface area contributed by atoms with Gasteiger partial charge in [0.15, 0.2) is 0 Å². The zero-order valence-corrected chi connectivity index (χ0v) is 23.2. The van der Waals surface area contributed by atoms with Crippen molar-refractivity contribution < 1.29 is 26.8 Å². The van der Waals surface area contributed by atoms with Gasteiger partial charge in [-0.25, -0.2) is 22.0 Å². The fourth-order valence-corrected chi connectivity index (χ4v) is 5.60. The molecule has 2 aromatic carbocycles. The Morgan fingerprint density at radius 2 is 1.87 bits per heavy atom. The van der Waals surface area contributed by atoms with Crippen LogP contribution in [0, 0.1) is 0 Å². The summed E-state index contributed by atoms with van der Waals surface area (Å²) < 4.78 is 49.6. The maximum atomic E-state index is 13.4. The number of sulfonamides is 2. The number of rotatable bonds is 8. The van der Waals surface area contributed by atoms with Gasteiger partial charge in [-0.3, -0.25) is 4.79 Å². The zero-order valence-electron chi connectivity index (χ0n) is 20.8. The third-order valence-corrected chi connectivity index (χ3v) is 8.85. The van der Waals surface area contributed by atoms with Crippen LogP contribution in [0.4, 0.5) is 5.69 Å². The van der Waals surface area contributed by atoms with Crippen LogP contribution in [0.15, 0.2) is 75.4 Å². The lowest BCUT2D eigenvalue weighted by Gasteiger charge is -2.28. The van der Waals surface area contributed by atoms with Crippen molar-refractivity contribution in [1.29, 1.82) is 0 Å². The number of oxime groups is 1. The first-order valence-electron chi connectivity index (χ1n) is 11.2.